The minimum atomic E-state index is -4.01. The second-order valence-corrected chi connectivity index (χ2v) is 7.48. The summed E-state index contributed by atoms with van der Waals surface area (Å²) in [6.45, 7) is 2.36. The molecule has 20 heavy (non-hydrogen) atoms. The number of aliphatic carboxylic acids is 1. The Bertz CT molecular complexity index is 450. The van der Waals surface area contributed by atoms with Crippen LogP contribution in [0.2, 0.25) is 0 Å². The Morgan fingerprint density at radius 3 is 2.45 bits per heavy atom. The zero-order valence-electron chi connectivity index (χ0n) is 11.7. The van der Waals surface area contributed by atoms with E-state index in [9.17, 15) is 22.0 Å². The van der Waals surface area contributed by atoms with Crippen molar-refractivity contribution in [1.29, 1.82) is 0 Å². The third-order valence-corrected chi connectivity index (χ3v) is 5.64. The van der Waals surface area contributed by atoms with Crippen molar-refractivity contribution in [3.8, 4) is 0 Å². The Morgan fingerprint density at radius 2 is 2.00 bits per heavy atom. The molecule has 1 rings (SSSR count). The van der Waals surface area contributed by atoms with E-state index in [0.717, 1.165) is 4.31 Å². The summed E-state index contributed by atoms with van der Waals surface area (Å²) in [6, 6.07) is -0.576. The topological polar surface area (TPSA) is 74.7 Å². The van der Waals surface area contributed by atoms with Crippen LogP contribution in [0.3, 0.4) is 0 Å². The van der Waals surface area contributed by atoms with E-state index < -0.39 is 46.2 Å². The number of alkyl halides is 2. The van der Waals surface area contributed by atoms with Crippen LogP contribution in [0.1, 0.15) is 39.5 Å². The number of carboxylic acids is 1. The lowest BCUT2D eigenvalue weighted by atomic mass is 9.87. The van der Waals surface area contributed by atoms with Crippen LogP contribution in [0.4, 0.5) is 8.78 Å². The molecule has 0 aromatic carbocycles. The smallest absolute Gasteiger partial charge is 0.318 e. The Balaban J connectivity index is 2.88. The lowest BCUT2D eigenvalue weighted by Crippen LogP contribution is -2.46. The molecule has 0 saturated heterocycles. The molecule has 1 fully saturated rings. The summed E-state index contributed by atoms with van der Waals surface area (Å²) in [5.74, 6) is -6.20. The van der Waals surface area contributed by atoms with Crippen LogP contribution in [0, 0.1) is 5.92 Å². The van der Waals surface area contributed by atoms with Gasteiger partial charge in [-0.3, -0.25) is 4.79 Å². The van der Waals surface area contributed by atoms with Crippen LogP contribution in [0.25, 0.3) is 0 Å². The molecule has 0 radical (unpaired) electrons. The van der Waals surface area contributed by atoms with Crippen LogP contribution in [-0.4, -0.2) is 48.1 Å². The predicted octanol–water partition coefficient (Wildman–Crippen LogP) is 1.94. The minimum absolute atomic E-state index is 0.158. The van der Waals surface area contributed by atoms with Gasteiger partial charge in [-0.15, -0.1) is 0 Å². The third kappa shape index (κ3) is 4.37. The van der Waals surface area contributed by atoms with Gasteiger partial charge in [0.2, 0.25) is 10.0 Å². The summed E-state index contributed by atoms with van der Waals surface area (Å²) < 4.78 is 52.6. The molecule has 0 aromatic rings. The van der Waals surface area contributed by atoms with Crippen molar-refractivity contribution in [2.75, 3.05) is 12.3 Å². The van der Waals surface area contributed by atoms with Gasteiger partial charge in [-0.1, -0.05) is 6.42 Å². The van der Waals surface area contributed by atoms with Crippen LogP contribution in [0.5, 0.6) is 0 Å². The normalized spacial score (nSPS) is 23.2. The first-order valence-corrected chi connectivity index (χ1v) is 8.26. The fourth-order valence-corrected chi connectivity index (χ4v) is 4.52. The summed E-state index contributed by atoms with van der Waals surface area (Å²) in [5.41, 5.74) is 0. The molecule has 1 aliphatic rings. The number of hydrogen-bond acceptors (Lipinski definition) is 3. The van der Waals surface area contributed by atoms with Gasteiger partial charge in [0.25, 0.3) is 5.92 Å². The fraction of sp³-hybridized carbons (Fsp3) is 0.917. The van der Waals surface area contributed by atoms with Crippen LogP contribution in [0.15, 0.2) is 0 Å². The van der Waals surface area contributed by atoms with Crippen molar-refractivity contribution in [3.63, 3.8) is 0 Å². The maximum Gasteiger partial charge on any atom is 0.318 e. The summed E-state index contributed by atoms with van der Waals surface area (Å²) in [6.07, 6.45) is 0.835. The van der Waals surface area contributed by atoms with Crippen molar-refractivity contribution >= 4 is 16.0 Å². The first-order valence-electron chi connectivity index (χ1n) is 6.65. The number of carbonyl (C=O) groups is 1. The van der Waals surface area contributed by atoms with Gasteiger partial charge < -0.3 is 5.11 Å². The van der Waals surface area contributed by atoms with Crippen molar-refractivity contribution in [3.05, 3.63) is 0 Å². The van der Waals surface area contributed by atoms with Crippen molar-refractivity contribution in [2.45, 2.75) is 51.5 Å². The highest BCUT2D eigenvalue weighted by molar-refractivity contribution is 7.89. The highest BCUT2D eigenvalue weighted by Crippen LogP contribution is 2.39. The molecule has 0 aromatic heterocycles. The van der Waals surface area contributed by atoms with E-state index in [-0.39, 0.29) is 12.8 Å². The summed E-state index contributed by atoms with van der Waals surface area (Å²) in [4.78, 5) is 10.7. The molecule has 0 bridgehead atoms. The van der Waals surface area contributed by atoms with E-state index in [1.54, 1.807) is 0 Å². The van der Waals surface area contributed by atoms with Crippen LogP contribution >= 0.6 is 0 Å². The number of halogens is 2. The fourth-order valence-electron chi connectivity index (χ4n) is 2.46. The average molecular weight is 313 g/mol. The number of nitrogens with zero attached hydrogens (tertiary/aromatic N) is 1. The molecule has 0 aliphatic heterocycles. The Morgan fingerprint density at radius 1 is 1.40 bits per heavy atom. The zero-order valence-corrected chi connectivity index (χ0v) is 12.5. The van der Waals surface area contributed by atoms with Gasteiger partial charge in [-0.2, -0.15) is 4.31 Å². The molecule has 1 atom stereocenters. The van der Waals surface area contributed by atoms with E-state index >= 15 is 0 Å². The first-order chi connectivity index (χ1) is 9.06. The molecule has 0 heterocycles. The van der Waals surface area contributed by atoms with Crippen molar-refractivity contribution in [2.24, 2.45) is 5.92 Å². The van der Waals surface area contributed by atoms with Gasteiger partial charge in [0.15, 0.2) is 0 Å². The van der Waals surface area contributed by atoms with E-state index in [0.29, 0.717) is 12.8 Å². The highest BCUT2D eigenvalue weighted by Gasteiger charge is 2.44. The first kappa shape index (κ1) is 17.3. The van der Waals surface area contributed by atoms with E-state index in [1.807, 2.05) is 0 Å². The minimum Gasteiger partial charge on any atom is -0.480 e. The Hall–Kier alpha value is -0.760. The molecule has 1 N–H and O–H groups in total. The number of hydrogen-bond donors (Lipinski definition) is 1. The maximum absolute atomic E-state index is 13.7. The second kappa shape index (κ2) is 6.34. The molecular formula is C12H21F2NO4S. The zero-order chi connectivity index (χ0) is 15.6. The molecule has 0 amide bonds. The van der Waals surface area contributed by atoms with Gasteiger partial charge in [0, 0.05) is 18.4 Å². The lowest BCUT2D eigenvalue weighted by molar-refractivity contribution is -0.137. The summed E-state index contributed by atoms with van der Waals surface area (Å²) in [7, 11) is -4.01. The molecule has 1 aliphatic carbocycles. The molecule has 5 nitrogen and oxygen atoms in total. The Labute approximate surface area is 118 Å². The van der Waals surface area contributed by atoms with Crippen molar-refractivity contribution in [1.82, 2.24) is 4.31 Å². The number of carboxylic acid groups (broad SMARTS) is 1. The molecule has 0 spiro atoms. The predicted molar refractivity (Wildman–Crippen MR) is 70.2 cm³/mol. The van der Waals surface area contributed by atoms with Gasteiger partial charge in [0.1, 0.15) is 6.54 Å². The van der Waals surface area contributed by atoms with Crippen LogP contribution in [-0.2, 0) is 14.8 Å². The summed E-state index contributed by atoms with van der Waals surface area (Å²) in [5, 5.41) is 8.75. The molecule has 118 valence electrons. The number of rotatable bonds is 6. The standard InChI is InChI=1S/C12H21F2NO4S/c1-9(2)15(7-11(16)17)20(18,19)8-10-5-3-4-6-12(10,13)14/h9-10H,3-8H2,1-2H3,(H,16,17). The second-order valence-electron chi connectivity index (χ2n) is 5.52. The molecule has 1 saturated carbocycles. The Kier molecular flexibility index (Phi) is 5.48. The molecule has 1 unspecified atom stereocenters. The molecular weight excluding hydrogens is 292 g/mol. The monoisotopic (exact) mass is 313 g/mol. The maximum atomic E-state index is 13.7. The van der Waals surface area contributed by atoms with E-state index in [4.69, 9.17) is 5.11 Å². The quantitative estimate of drug-likeness (QED) is 0.813. The molecule has 8 heteroatoms. The van der Waals surface area contributed by atoms with E-state index in [2.05, 4.69) is 0 Å². The number of sulfonamides is 1. The lowest BCUT2D eigenvalue weighted by Gasteiger charge is -2.33. The van der Waals surface area contributed by atoms with Gasteiger partial charge >= 0.3 is 5.97 Å². The highest BCUT2D eigenvalue weighted by atomic mass is 32.2. The van der Waals surface area contributed by atoms with Gasteiger partial charge in [-0.05, 0) is 26.7 Å². The van der Waals surface area contributed by atoms with Crippen molar-refractivity contribution < 1.29 is 27.1 Å². The largest absolute Gasteiger partial charge is 0.480 e. The summed E-state index contributed by atoms with van der Waals surface area (Å²) >= 11 is 0. The average Bonchev–Trinajstić information content (AvgIpc) is 2.28. The van der Waals surface area contributed by atoms with E-state index in [1.165, 1.54) is 13.8 Å². The van der Waals surface area contributed by atoms with Gasteiger partial charge in [-0.25, -0.2) is 17.2 Å². The van der Waals surface area contributed by atoms with Gasteiger partial charge in [0.05, 0.1) is 5.75 Å². The SMILES string of the molecule is CC(C)N(CC(=O)O)S(=O)(=O)CC1CCCCC1(F)F. The van der Waals surface area contributed by atoms with Crippen LogP contribution < -0.4 is 0 Å². The third-order valence-electron chi connectivity index (χ3n) is 3.55.